The standard InChI is InChI=1S/C41H73N17O10S2/c1-5-20(3)30-37(66)53-24(11-8-14-50-41(47)48)34(63)54-25(16-28(43)59)35(64)55-26(19-70-69-18-22(42)32(61)56-31(21(4)6-2)38(67)57-30)39(68)58-15-9-12-27(58)36(65)52-23(10-7-13-49-40(45)46)33(62)51-17-29(44)60/h20-27,30-31H,5-19,42H2,1-4H3,(H2,43,59)(H2,44,60)(H,51,62)(H,52,65)(H,53,66)(H,54,63)(H,55,64)(H,56,61)(H,57,67)(H4,45,46,49)(H4,47,48,50). The number of likely N-dealkylation sites (tertiary alicyclic amines) is 1. The Bertz CT molecular complexity index is 1920. The molecule has 2 saturated heterocycles. The van der Waals surface area contributed by atoms with Crippen LogP contribution >= 0.6 is 21.6 Å². The van der Waals surface area contributed by atoms with Crippen LogP contribution in [0.15, 0.2) is 9.98 Å². The highest BCUT2D eigenvalue weighted by molar-refractivity contribution is 8.76. The van der Waals surface area contributed by atoms with Crippen LogP contribution in [-0.4, -0.2) is 162 Å². The van der Waals surface area contributed by atoms with Crippen molar-refractivity contribution in [2.45, 2.75) is 134 Å². The average Bonchev–Trinajstić information content (AvgIpc) is 3.80. The Hall–Kier alpha value is -6.10. The summed E-state index contributed by atoms with van der Waals surface area (Å²) in [5, 5.41) is 18.2. The third-order valence-electron chi connectivity index (χ3n) is 11.6. The van der Waals surface area contributed by atoms with Crippen molar-refractivity contribution in [1.29, 1.82) is 0 Å². The van der Waals surface area contributed by atoms with Crippen molar-refractivity contribution in [2.75, 3.05) is 37.7 Å². The van der Waals surface area contributed by atoms with Gasteiger partial charge in [0, 0.05) is 31.1 Å². The molecule has 10 unspecified atom stereocenters. The molecule has 0 bridgehead atoms. The SMILES string of the molecule is CCC(C)C1NC(=O)C(N)CSSCC(C(=O)N2CCCC2C(=O)NC(CCCN=C(N)N)C(=O)NCC(N)=O)NC(=O)C(CC(N)=O)NC(=O)C(CCCN=C(N)N)NC(=O)C(C(C)CC)NC1=O. The Balaban J connectivity index is 2.62. The molecule has 0 aromatic carbocycles. The van der Waals surface area contributed by atoms with Gasteiger partial charge in [-0.2, -0.15) is 0 Å². The van der Waals surface area contributed by atoms with Crippen LogP contribution in [0.25, 0.3) is 0 Å². The average molecular weight is 1030 g/mol. The zero-order chi connectivity index (χ0) is 52.7. The molecule has 0 spiro atoms. The van der Waals surface area contributed by atoms with Crippen LogP contribution < -0.4 is 77.4 Å². The maximum Gasteiger partial charge on any atom is 0.246 e. The molecule has 0 aromatic rings. The molecule has 2 heterocycles. The highest BCUT2D eigenvalue weighted by atomic mass is 33.1. The molecule has 394 valence electrons. The highest BCUT2D eigenvalue weighted by Crippen LogP contribution is 2.26. The summed E-state index contributed by atoms with van der Waals surface area (Å²) in [5.41, 5.74) is 38.9. The zero-order valence-electron chi connectivity index (χ0n) is 40.2. The lowest BCUT2D eigenvalue weighted by Gasteiger charge is -2.31. The van der Waals surface area contributed by atoms with E-state index < -0.39 is 132 Å². The van der Waals surface area contributed by atoms with Gasteiger partial charge >= 0.3 is 0 Å². The van der Waals surface area contributed by atoms with Crippen LogP contribution in [0.2, 0.25) is 0 Å². The lowest BCUT2D eigenvalue weighted by atomic mass is 9.94. The van der Waals surface area contributed by atoms with E-state index in [0.717, 1.165) is 21.6 Å². The molecule has 10 amide bonds. The second-order valence-electron chi connectivity index (χ2n) is 17.1. The maximum absolute atomic E-state index is 14.5. The molecular weight excluding hydrogens is 955 g/mol. The fraction of sp³-hybridized carbons (Fsp3) is 0.707. The number of nitrogens with one attached hydrogen (secondary N) is 7. The molecule has 0 saturated carbocycles. The van der Waals surface area contributed by atoms with E-state index in [-0.39, 0.29) is 75.2 Å². The molecule has 29 heteroatoms. The van der Waals surface area contributed by atoms with Gasteiger partial charge in [0.05, 0.1) is 19.0 Å². The Labute approximate surface area is 414 Å². The number of aliphatic imine (C=N–C) groups is 2. The number of carbonyl (C=O) groups excluding carboxylic acids is 10. The van der Waals surface area contributed by atoms with Crippen molar-refractivity contribution in [1.82, 2.24) is 42.1 Å². The van der Waals surface area contributed by atoms with Gasteiger partial charge in [-0.1, -0.05) is 62.1 Å². The molecule has 0 radical (unpaired) electrons. The van der Waals surface area contributed by atoms with Crippen molar-refractivity contribution < 1.29 is 47.9 Å². The number of carbonyl (C=O) groups is 10. The molecule has 27 nitrogen and oxygen atoms in total. The Kier molecular flexibility index (Phi) is 26.1. The summed E-state index contributed by atoms with van der Waals surface area (Å²) in [7, 11) is 2.11. The molecule has 10 atom stereocenters. The van der Waals surface area contributed by atoms with Gasteiger partial charge in [-0.05, 0) is 50.4 Å². The first-order valence-corrected chi connectivity index (χ1v) is 25.6. The number of hydrogen-bond donors (Lipinski definition) is 14. The van der Waals surface area contributed by atoms with Gasteiger partial charge in [0.1, 0.15) is 42.3 Å². The largest absolute Gasteiger partial charge is 0.370 e. The third-order valence-corrected chi connectivity index (χ3v) is 14.0. The van der Waals surface area contributed by atoms with Crippen molar-refractivity contribution in [2.24, 2.45) is 62.0 Å². The second kappa shape index (κ2) is 30.5. The topological polar surface area (TPSA) is 465 Å². The van der Waals surface area contributed by atoms with Crippen molar-refractivity contribution in [3.63, 3.8) is 0 Å². The first-order chi connectivity index (χ1) is 33.0. The van der Waals surface area contributed by atoms with Crippen molar-refractivity contribution in [3.8, 4) is 0 Å². The van der Waals surface area contributed by atoms with E-state index in [1.54, 1.807) is 20.8 Å². The minimum atomic E-state index is -1.70. The summed E-state index contributed by atoms with van der Waals surface area (Å²) >= 11 is 0. The van der Waals surface area contributed by atoms with E-state index in [2.05, 4.69) is 47.2 Å². The van der Waals surface area contributed by atoms with Crippen LogP contribution in [0.1, 0.15) is 85.5 Å². The van der Waals surface area contributed by atoms with Gasteiger partial charge < -0.3 is 82.3 Å². The van der Waals surface area contributed by atoms with Crippen LogP contribution in [0.4, 0.5) is 0 Å². The number of guanidine groups is 2. The van der Waals surface area contributed by atoms with E-state index in [1.165, 1.54) is 4.90 Å². The quantitative estimate of drug-likeness (QED) is 0.0234. The summed E-state index contributed by atoms with van der Waals surface area (Å²) in [4.78, 5) is 144. The highest BCUT2D eigenvalue weighted by Gasteiger charge is 2.41. The Morgan fingerprint density at radius 2 is 1.26 bits per heavy atom. The molecule has 0 aliphatic carbocycles. The van der Waals surface area contributed by atoms with Gasteiger partial charge in [0.2, 0.25) is 59.1 Å². The Morgan fingerprint density at radius 3 is 1.83 bits per heavy atom. The monoisotopic (exact) mass is 1030 g/mol. The number of amides is 10. The molecular formula is C41H73N17O10S2. The molecule has 2 fully saturated rings. The van der Waals surface area contributed by atoms with Crippen LogP contribution in [0, 0.1) is 11.8 Å². The third kappa shape index (κ3) is 20.5. The minimum Gasteiger partial charge on any atom is -0.370 e. The summed E-state index contributed by atoms with van der Waals surface area (Å²) < 4.78 is 0. The predicted molar refractivity (Wildman–Crippen MR) is 264 cm³/mol. The number of rotatable bonds is 20. The number of nitrogens with two attached hydrogens (primary N) is 7. The normalized spacial score (nSPS) is 24.4. The predicted octanol–water partition coefficient (Wildman–Crippen LogP) is -5.72. The van der Waals surface area contributed by atoms with Crippen LogP contribution in [-0.2, 0) is 47.9 Å². The van der Waals surface area contributed by atoms with Crippen molar-refractivity contribution >= 4 is 92.6 Å². The number of primary amides is 2. The summed E-state index contributed by atoms with van der Waals surface area (Å²) in [6, 6.07) is -10.4. The summed E-state index contributed by atoms with van der Waals surface area (Å²) in [6.45, 7) is 6.74. The van der Waals surface area contributed by atoms with Gasteiger partial charge in [0.25, 0.3) is 0 Å². The van der Waals surface area contributed by atoms with E-state index in [1.807, 2.05) is 6.92 Å². The lowest BCUT2D eigenvalue weighted by Crippen LogP contribution is -2.62. The van der Waals surface area contributed by atoms with Crippen LogP contribution in [0.5, 0.6) is 0 Å². The van der Waals surface area contributed by atoms with Gasteiger partial charge in [-0.3, -0.25) is 57.9 Å². The van der Waals surface area contributed by atoms with E-state index in [4.69, 9.17) is 40.1 Å². The van der Waals surface area contributed by atoms with Crippen molar-refractivity contribution in [3.05, 3.63) is 0 Å². The second-order valence-corrected chi connectivity index (χ2v) is 19.7. The smallest absolute Gasteiger partial charge is 0.246 e. The summed E-state index contributed by atoms with van der Waals surface area (Å²) in [6.07, 6.45) is 0.894. The van der Waals surface area contributed by atoms with E-state index in [9.17, 15) is 47.9 Å². The maximum atomic E-state index is 14.5. The lowest BCUT2D eigenvalue weighted by molar-refractivity contribution is -0.142. The van der Waals surface area contributed by atoms with Gasteiger partial charge in [-0.25, -0.2) is 0 Å². The first-order valence-electron chi connectivity index (χ1n) is 23.1. The van der Waals surface area contributed by atoms with E-state index >= 15 is 0 Å². The summed E-state index contributed by atoms with van der Waals surface area (Å²) in [5.74, 6) is -9.69. The van der Waals surface area contributed by atoms with E-state index in [0.29, 0.717) is 19.3 Å². The number of hydrogen-bond acceptors (Lipinski definition) is 15. The molecule has 2 aliphatic heterocycles. The molecule has 0 aromatic heterocycles. The fourth-order valence-corrected chi connectivity index (χ4v) is 9.50. The first kappa shape index (κ1) is 60.0. The van der Waals surface area contributed by atoms with Crippen LogP contribution in [0.3, 0.4) is 0 Å². The van der Waals surface area contributed by atoms with Gasteiger partial charge in [0.15, 0.2) is 11.9 Å². The van der Waals surface area contributed by atoms with Gasteiger partial charge in [-0.15, -0.1) is 0 Å². The Morgan fingerprint density at radius 1 is 0.714 bits per heavy atom. The number of nitrogens with zero attached hydrogens (tertiary/aromatic N) is 3. The molecule has 2 rings (SSSR count). The minimum absolute atomic E-state index is 0.0260. The molecule has 21 N–H and O–H groups in total. The fourth-order valence-electron chi connectivity index (χ4n) is 7.23. The zero-order valence-corrected chi connectivity index (χ0v) is 41.8. The molecule has 2 aliphatic rings. The molecule has 70 heavy (non-hydrogen) atoms.